The largest absolute Gasteiger partial charge is 0.496 e. The van der Waals surface area contributed by atoms with Gasteiger partial charge in [-0.2, -0.15) is 0 Å². The number of carbonyl (C=O) groups is 1. The van der Waals surface area contributed by atoms with Gasteiger partial charge in [0.2, 0.25) is 0 Å². The molecule has 3 rings (SSSR count). The van der Waals surface area contributed by atoms with Crippen LogP contribution in [0.3, 0.4) is 0 Å². The number of methoxy groups -OCH3 is 1. The average molecular weight is 398 g/mol. The zero-order chi connectivity index (χ0) is 20.3. The summed E-state index contributed by atoms with van der Waals surface area (Å²) in [6.07, 6.45) is 0. The number of carbonyl (C=O) groups excluding carboxylic acids is 1. The zero-order valence-electron chi connectivity index (χ0n) is 15.9. The minimum atomic E-state index is -0.283. The number of amides is 1. The summed E-state index contributed by atoms with van der Waals surface area (Å²) in [5.41, 5.74) is 1.68. The molecule has 1 amide bonds. The highest BCUT2D eigenvalue weighted by molar-refractivity contribution is 7.71. The van der Waals surface area contributed by atoms with E-state index >= 15 is 0 Å². The van der Waals surface area contributed by atoms with E-state index in [-0.39, 0.29) is 22.3 Å². The summed E-state index contributed by atoms with van der Waals surface area (Å²) in [4.78, 5) is 32.1. The van der Waals surface area contributed by atoms with E-state index in [4.69, 9.17) is 17.0 Å². The second kappa shape index (κ2) is 8.37. The maximum atomic E-state index is 12.7. The Bertz CT molecular complexity index is 1120. The van der Waals surface area contributed by atoms with Crippen molar-refractivity contribution in [2.75, 3.05) is 27.7 Å². The highest BCUT2D eigenvalue weighted by Crippen LogP contribution is 2.27. The van der Waals surface area contributed by atoms with Crippen molar-refractivity contribution in [2.45, 2.75) is 6.04 Å². The van der Waals surface area contributed by atoms with Crippen molar-refractivity contribution in [3.8, 4) is 5.75 Å². The van der Waals surface area contributed by atoms with Gasteiger partial charge in [0.1, 0.15) is 5.75 Å². The highest BCUT2D eigenvalue weighted by Gasteiger charge is 2.19. The maximum Gasteiger partial charge on any atom is 0.259 e. The lowest BCUT2D eigenvalue weighted by molar-refractivity contribution is 0.0941. The lowest BCUT2D eigenvalue weighted by Crippen LogP contribution is -2.34. The predicted molar refractivity (Wildman–Crippen MR) is 112 cm³/mol. The zero-order valence-corrected chi connectivity index (χ0v) is 16.7. The normalized spacial score (nSPS) is 12.1. The molecule has 3 N–H and O–H groups in total. The van der Waals surface area contributed by atoms with Gasteiger partial charge in [-0.15, -0.1) is 0 Å². The number of H-pyrrole nitrogens is 2. The third-order valence-corrected chi connectivity index (χ3v) is 4.78. The van der Waals surface area contributed by atoms with Crippen molar-refractivity contribution < 1.29 is 9.53 Å². The smallest absolute Gasteiger partial charge is 0.259 e. The second-order valence-electron chi connectivity index (χ2n) is 6.60. The number of fused-ring (bicyclic) bond motifs is 1. The van der Waals surface area contributed by atoms with Crippen LogP contribution in [-0.2, 0) is 0 Å². The standard InChI is InChI=1S/C20H22N4O3S/c1-24(2)16(14-6-4-5-7-17(14)27-3)11-21-18(25)12-8-9-13-15(10-12)22-20(28)23-19(13)26/h4-10,16H,11H2,1-3H3,(H,21,25)(H2,22,23,26,28). The number of nitrogens with zero attached hydrogens (tertiary/aromatic N) is 1. The monoisotopic (exact) mass is 398 g/mol. The fourth-order valence-corrected chi connectivity index (χ4v) is 3.32. The van der Waals surface area contributed by atoms with E-state index in [2.05, 4.69) is 15.3 Å². The van der Waals surface area contributed by atoms with Crippen molar-refractivity contribution in [1.82, 2.24) is 20.2 Å². The van der Waals surface area contributed by atoms with E-state index in [0.717, 1.165) is 11.3 Å². The lowest BCUT2D eigenvalue weighted by atomic mass is 10.0. The third kappa shape index (κ3) is 4.13. The average Bonchev–Trinajstić information content (AvgIpc) is 2.67. The number of aromatic nitrogens is 2. The molecule has 1 unspecified atom stereocenters. The Morgan fingerprint density at radius 3 is 2.68 bits per heavy atom. The van der Waals surface area contributed by atoms with Crippen LogP contribution in [0.15, 0.2) is 47.3 Å². The second-order valence-corrected chi connectivity index (χ2v) is 7.01. The summed E-state index contributed by atoms with van der Waals surface area (Å²) in [5.74, 6) is 0.538. The van der Waals surface area contributed by atoms with Crippen LogP contribution >= 0.6 is 12.2 Å². The quantitative estimate of drug-likeness (QED) is 0.556. The molecule has 0 radical (unpaired) electrons. The van der Waals surface area contributed by atoms with Crippen molar-refractivity contribution in [1.29, 1.82) is 0 Å². The molecular formula is C20H22N4O3S. The molecule has 146 valence electrons. The first-order valence-corrected chi connectivity index (χ1v) is 9.15. The molecule has 28 heavy (non-hydrogen) atoms. The van der Waals surface area contributed by atoms with Crippen LogP contribution in [0, 0.1) is 4.77 Å². The molecule has 1 aromatic heterocycles. The molecule has 0 bridgehead atoms. The molecule has 0 saturated carbocycles. The number of nitrogens with one attached hydrogen (secondary N) is 3. The Kier molecular flexibility index (Phi) is 5.91. The van der Waals surface area contributed by atoms with Crippen LogP contribution in [0.1, 0.15) is 22.0 Å². The van der Waals surface area contributed by atoms with E-state index in [9.17, 15) is 9.59 Å². The van der Waals surface area contributed by atoms with E-state index in [0.29, 0.717) is 23.0 Å². The molecule has 1 heterocycles. The Morgan fingerprint density at radius 2 is 1.96 bits per heavy atom. The number of ether oxygens (including phenoxy) is 1. The Hall–Kier alpha value is -2.97. The molecule has 7 nitrogen and oxygen atoms in total. The van der Waals surface area contributed by atoms with Gasteiger partial charge in [0, 0.05) is 17.7 Å². The molecule has 0 aliphatic heterocycles. The first-order chi connectivity index (χ1) is 13.4. The van der Waals surface area contributed by atoms with Crippen LogP contribution in [0.25, 0.3) is 10.9 Å². The minimum Gasteiger partial charge on any atom is -0.496 e. The molecule has 2 aromatic carbocycles. The number of likely N-dealkylation sites (N-methyl/N-ethyl adjacent to an activating group) is 1. The van der Waals surface area contributed by atoms with Gasteiger partial charge in [-0.25, -0.2) is 0 Å². The first-order valence-electron chi connectivity index (χ1n) is 8.74. The van der Waals surface area contributed by atoms with Crippen molar-refractivity contribution in [2.24, 2.45) is 0 Å². The Balaban J connectivity index is 1.83. The fraction of sp³-hybridized carbons (Fsp3) is 0.250. The summed E-state index contributed by atoms with van der Waals surface area (Å²) >= 11 is 5.00. The van der Waals surface area contributed by atoms with Gasteiger partial charge in [-0.3, -0.25) is 14.6 Å². The van der Waals surface area contributed by atoms with Gasteiger partial charge in [-0.1, -0.05) is 18.2 Å². The number of rotatable bonds is 6. The van der Waals surface area contributed by atoms with Crippen LogP contribution < -0.4 is 15.6 Å². The number of para-hydroxylation sites is 1. The Labute approximate surface area is 167 Å². The van der Waals surface area contributed by atoms with Gasteiger partial charge >= 0.3 is 0 Å². The highest BCUT2D eigenvalue weighted by atomic mass is 32.1. The van der Waals surface area contributed by atoms with Gasteiger partial charge in [0.25, 0.3) is 11.5 Å². The minimum absolute atomic E-state index is 0.0609. The van der Waals surface area contributed by atoms with E-state index in [1.54, 1.807) is 25.3 Å². The van der Waals surface area contributed by atoms with Crippen molar-refractivity contribution in [3.63, 3.8) is 0 Å². The van der Waals surface area contributed by atoms with Crippen LogP contribution in [-0.4, -0.2) is 48.5 Å². The number of hydrogen-bond acceptors (Lipinski definition) is 5. The molecule has 1 atom stereocenters. The van der Waals surface area contributed by atoms with Crippen LogP contribution in [0.5, 0.6) is 5.75 Å². The molecule has 0 spiro atoms. The molecule has 8 heteroatoms. The number of benzene rings is 2. The predicted octanol–water partition coefficient (Wildman–Crippen LogP) is 2.63. The SMILES string of the molecule is COc1ccccc1C(CNC(=O)c1ccc2c(=O)[nH]c(=S)[nH]c2c1)N(C)C. The lowest BCUT2D eigenvalue weighted by Gasteiger charge is -2.26. The summed E-state index contributed by atoms with van der Waals surface area (Å²) in [6.45, 7) is 0.398. The summed E-state index contributed by atoms with van der Waals surface area (Å²) in [5, 5.41) is 3.41. The summed E-state index contributed by atoms with van der Waals surface area (Å²) in [6, 6.07) is 12.5. The molecule has 0 aliphatic rings. The first kappa shape index (κ1) is 19.8. The van der Waals surface area contributed by atoms with Crippen molar-refractivity contribution >= 4 is 29.0 Å². The molecule has 0 fully saturated rings. The molecule has 3 aromatic rings. The molecule has 0 aliphatic carbocycles. The molecular weight excluding hydrogens is 376 g/mol. The number of aromatic amines is 2. The van der Waals surface area contributed by atoms with Crippen LogP contribution in [0.2, 0.25) is 0 Å². The Morgan fingerprint density at radius 1 is 1.21 bits per heavy atom. The number of hydrogen-bond donors (Lipinski definition) is 3. The molecule has 0 saturated heterocycles. The van der Waals surface area contributed by atoms with E-state index < -0.39 is 0 Å². The summed E-state index contributed by atoms with van der Waals surface area (Å²) in [7, 11) is 5.53. The third-order valence-electron chi connectivity index (χ3n) is 4.58. The van der Waals surface area contributed by atoms with E-state index in [1.165, 1.54) is 0 Å². The topological polar surface area (TPSA) is 90.2 Å². The maximum absolute atomic E-state index is 12.7. The van der Waals surface area contributed by atoms with Gasteiger partial charge in [-0.05, 0) is 50.6 Å². The summed E-state index contributed by atoms with van der Waals surface area (Å²) < 4.78 is 5.67. The fourth-order valence-electron chi connectivity index (χ4n) is 3.11. The van der Waals surface area contributed by atoms with Crippen molar-refractivity contribution in [3.05, 3.63) is 68.7 Å². The van der Waals surface area contributed by atoms with Gasteiger partial charge in [0.05, 0.1) is 24.1 Å². The van der Waals surface area contributed by atoms with Gasteiger partial charge in [0.15, 0.2) is 4.77 Å². The van der Waals surface area contributed by atoms with Gasteiger partial charge < -0.3 is 19.9 Å². The van der Waals surface area contributed by atoms with Crippen LogP contribution in [0.4, 0.5) is 0 Å². The van der Waals surface area contributed by atoms with E-state index in [1.807, 2.05) is 43.3 Å².